The van der Waals surface area contributed by atoms with Crippen LogP contribution in [0.4, 0.5) is 5.69 Å². The van der Waals surface area contributed by atoms with Gasteiger partial charge in [0.1, 0.15) is 0 Å². The van der Waals surface area contributed by atoms with Crippen molar-refractivity contribution in [2.75, 3.05) is 18.5 Å². The summed E-state index contributed by atoms with van der Waals surface area (Å²) in [5.41, 5.74) is 4.15. The number of hydrogen-bond acceptors (Lipinski definition) is 2. The number of benzene rings is 1. The van der Waals surface area contributed by atoms with Crippen LogP contribution < -0.4 is 5.32 Å². The number of aryl methyl sites for hydroxylation is 2. The van der Waals surface area contributed by atoms with E-state index in [2.05, 4.69) is 37.4 Å². The molecular weight excluding hydrogens is 210 g/mol. The minimum Gasteiger partial charge on any atom is -0.396 e. The average molecular weight is 235 g/mol. The molecule has 0 fully saturated rings. The molecule has 0 amide bonds. The molecule has 2 nitrogen and oxygen atoms in total. The number of aliphatic hydroxyl groups excluding tert-OH is 1. The van der Waals surface area contributed by atoms with Crippen LogP contribution in [0.5, 0.6) is 0 Å². The molecule has 2 N–H and O–H groups in total. The molecule has 0 atom stereocenters. The number of unbranched alkanes of at least 4 members (excludes halogenated alkanes) is 2. The van der Waals surface area contributed by atoms with E-state index < -0.39 is 0 Å². The fourth-order valence-electron chi connectivity index (χ4n) is 2.10. The highest BCUT2D eigenvalue weighted by atomic mass is 16.2. The van der Waals surface area contributed by atoms with Crippen LogP contribution in [0.3, 0.4) is 0 Å². The van der Waals surface area contributed by atoms with Gasteiger partial charge in [0.25, 0.3) is 0 Å². The van der Waals surface area contributed by atoms with E-state index in [-0.39, 0.29) is 0 Å². The molecule has 0 unspecified atom stereocenters. The predicted molar refractivity (Wildman–Crippen MR) is 74.6 cm³/mol. The molecule has 0 radical (unpaired) electrons. The van der Waals surface area contributed by atoms with Crippen LogP contribution in [0.25, 0.3) is 0 Å². The van der Waals surface area contributed by atoms with E-state index in [1.807, 2.05) is 0 Å². The van der Waals surface area contributed by atoms with Crippen molar-refractivity contribution < 1.29 is 5.11 Å². The summed E-state index contributed by atoms with van der Waals surface area (Å²) in [6, 6.07) is 6.55. The van der Waals surface area contributed by atoms with Crippen molar-refractivity contribution >= 4 is 5.69 Å². The Hall–Kier alpha value is -1.02. The molecule has 0 aliphatic rings. The second-order valence-electron chi connectivity index (χ2n) is 4.37. The highest BCUT2D eigenvalue weighted by Gasteiger charge is 2.04. The third-order valence-electron chi connectivity index (χ3n) is 3.14. The van der Waals surface area contributed by atoms with Crippen LogP contribution in [-0.2, 0) is 12.8 Å². The summed E-state index contributed by atoms with van der Waals surface area (Å²) in [6.45, 7) is 5.72. The lowest BCUT2D eigenvalue weighted by Gasteiger charge is -2.15. The predicted octanol–water partition coefficient (Wildman–Crippen LogP) is 3.39. The smallest absolute Gasteiger partial charge is 0.0431 e. The first kappa shape index (κ1) is 14.0. The lowest BCUT2D eigenvalue weighted by atomic mass is 10.0. The van der Waals surface area contributed by atoms with Crippen LogP contribution in [0.15, 0.2) is 18.2 Å². The van der Waals surface area contributed by atoms with E-state index in [1.54, 1.807) is 0 Å². The first-order chi connectivity index (χ1) is 8.33. The van der Waals surface area contributed by atoms with Crippen molar-refractivity contribution in [1.29, 1.82) is 0 Å². The second kappa shape index (κ2) is 8.13. The zero-order valence-corrected chi connectivity index (χ0v) is 11.1. The van der Waals surface area contributed by atoms with Crippen LogP contribution in [-0.4, -0.2) is 18.3 Å². The first-order valence-electron chi connectivity index (χ1n) is 6.79. The van der Waals surface area contributed by atoms with Gasteiger partial charge in [-0.25, -0.2) is 0 Å². The molecule has 96 valence electrons. The molecule has 1 aromatic carbocycles. The number of aliphatic hydroxyl groups is 1. The molecule has 0 aromatic heterocycles. The van der Waals surface area contributed by atoms with Gasteiger partial charge in [-0.3, -0.25) is 0 Å². The molecule has 0 spiro atoms. The van der Waals surface area contributed by atoms with Crippen molar-refractivity contribution in [2.45, 2.75) is 46.0 Å². The summed E-state index contributed by atoms with van der Waals surface area (Å²) in [4.78, 5) is 0. The summed E-state index contributed by atoms with van der Waals surface area (Å²) in [7, 11) is 0. The third kappa shape index (κ3) is 4.39. The zero-order chi connectivity index (χ0) is 12.5. The van der Waals surface area contributed by atoms with Crippen molar-refractivity contribution in [1.82, 2.24) is 0 Å². The van der Waals surface area contributed by atoms with Gasteiger partial charge >= 0.3 is 0 Å². The van der Waals surface area contributed by atoms with Gasteiger partial charge in [0.15, 0.2) is 0 Å². The first-order valence-corrected chi connectivity index (χ1v) is 6.79. The van der Waals surface area contributed by atoms with Gasteiger partial charge in [0, 0.05) is 18.8 Å². The number of anilines is 1. The minimum atomic E-state index is 0.311. The summed E-state index contributed by atoms with van der Waals surface area (Å²) < 4.78 is 0. The van der Waals surface area contributed by atoms with Crippen molar-refractivity contribution in [3.05, 3.63) is 29.3 Å². The molecule has 0 aliphatic carbocycles. The van der Waals surface area contributed by atoms with E-state index in [1.165, 1.54) is 16.8 Å². The van der Waals surface area contributed by atoms with Gasteiger partial charge in [0.05, 0.1) is 0 Å². The molecule has 17 heavy (non-hydrogen) atoms. The molecule has 1 aromatic rings. The van der Waals surface area contributed by atoms with Crippen LogP contribution in [0.2, 0.25) is 0 Å². The molecule has 0 bridgehead atoms. The molecule has 0 saturated carbocycles. The van der Waals surface area contributed by atoms with Gasteiger partial charge < -0.3 is 10.4 Å². The number of hydrogen-bond donors (Lipinski definition) is 2. The summed E-state index contributed by atoms with van der Waals surface area (Å²) in [5, 5.41) is 12.3. The normalized spacial score (nSPS) is 10.5. The molecule has 2 heteroatoms. The minimum absolute atomic E-state index is 0.311. The third-order valence-corrected chi connectivity index (χ3v) is 3.14. The van der Waals surface area contributed by atoms with Crippen molar-refractivity contribution in [2.24, 2.45) is 0 Å². The maximum atomic E-state index is 8.73. The highest BCUT2D eigenvalue weighted by molar-refractivity contribution is 5.57. The van der Waals surface area contributed by atoms with Crippen LogP contribution in [0.1, 0.15) is 44.2 Å². The highest BCUT2D eigenvalue weighted by Crippen LogP contribution is 2.22. The standard InChI is InChI=1S/C15H25NO/c1-3-13-9-8-10-14(4-2)15(13)16-11-6-5-7-12-17/h8-10,16-17H,3-7,11-12H2,1-2H3. The quantitative estimate of drug-likeness (QED) is 0.677. The van der Waals surface area contributed by atoms with Crippen molar-refractivity contribution in [3.63, 3.8) is 0 Å². The topological polar surface area (TPSA) is 32.3 Å². The Morgan fingerprint density at radius 3 is 2.18 bits per heavy atom. The SMILES string of the molecule is CCc1cccc(CC)c1NCCCCCO. The van der Waals surface area contributed by atoms with Gasteiger partial charge in [0.2, 0.25) is 0 Å². The fraction of sp³-hybridized carbons (Fsp3) is 0.600. The molecule has 1 rings (SSSR count). The Kier molecular flexibility index (Phi) is 6.71. The van der Waals surface area contributed by atoms with Gasteiger partial charge in [-0.1, -0.05) is 32.0 Å². The Bertz CT molecular complexity index is 300. The Balaban J connectivity index is 2.55. The number of nitrogens with one attached hydrogen (secondary N) is 1. The van der Waals surface area contributed by atoms with Gasteiger partial charge in [-0.2, -0.15) is 0 Å². The zero-order valence-electron chi connectivity index (χ0n) is 11.1. The van der Waals surface area contributed by atoms with E-state index >= 15 is 0 Å². The van der Waals surface area contributed by atoms with Crippen LogP contribution in [0, 0.1) is 0 Å². The molecule has 0 aliphatic heterocycles. The van der Waals surface area contributed by atoms with E-state index in [0.29, 0.717) is 6.61 Å². The monoisotopic (exact) mass is 235 g/mol. The molecule has 0 heterocycles. The average Bonchev–Trinajstić information content (AvgIpc) is 2.38. The van der Waals surface area contributed by atoms with E-state index in [0.717, 1.165) is 38.6 Å². The Morgan fingerprint density at radius 2 is 1.65 bits per heavy atom. The summed E-state index contributed by atoms with van der Waals surface area (Å²) in [5.74, 6) is 0. The van der Waals surface area contributed by atoms with Crippen LogP contribution >= 0.6 is 0 Å². The van der Waals surface area contributed by atoms with Crippen molar-refractivity contribution in [3.8, 4) is 0 Å². The number of para-hydroxylation sites is 1. The Labute approximate surface area is 105 Å². The lowest BCUT2D eigenvalue weighted by molar-refractivity contribution is 0.283. The summed E-state index contributed by atoms with van der Waals surface area (Å²) >= 11 is 0. The van der Waals surface area contributed by atoms with Gasteiger partial charge in [-0.05, 0) is 43.2 Å². The Morgan fingerprint density at radius 1 is 1.00 bits per heavy atom. The summed E-state index contributed by atoms with van der Waals surface area (Å²) in [6.07, 6.45) is 5.29. The maximum absolute atomic E-state index is 8.73. The molecular formula is C15H25NO. The number of rotatable bonds is 8. The lowest BCUT2D eigenvalue weighted by Crippen LogP contribution is -2.07. The van der Waals surface area contributed by atoms with E-state index in [4.69, 9.17) is 5.11 Å². The largest absolute Gasteiger partial charge is 0.396 e. The second-order valence-corrected chi connectivity index (χ2v) is 4.37. The maximum Gasteiger partial charge on any atom is 0.0431 e. The fourth-order valence-corrected chi connectivity index (χ4v) is 2.10. The molecule has 0 saturated heterocycles. The van der Waals surface area contributed by atoms with E-state index in [9.17, 15) is 0 Å². The van der Waals surface area contributed by atoms with Gasteiger partial charge in [-0.15, -0.1) is 0 Å².